The van der Waals surface area contributed by atoms with Crippen LogP contribution in [0.25, 0.3) is 0 Å². The van der Waals surface area contributed by atoms with Gasteiger partial charge in [0, 0.05) is 5.56 Å². The fourth-order valence-electron chi connectivity index (χ4n) is 2.62. The van der Waals surface area contributed by atoms with Gasteiger partial charge < -0.3 is 15.5 Å². The molecule has 5 N–H and O–H groups in total. The molecule has 0 fully saturated rings. The number of methoxy groups -OCH3 is 1. The molecule has 3 rings (SSSR count). The summed E-state index contributed by atoms with van der Waals surface area (Å²) in [5, 5.41) is 1.05. The van der Waals surface area contributed by atoms with E-state index in [1.54, 1.807) is 37.4 Å². The summed E-state index contributed by atoms with van der Waals surface area (Å²) < 4.78 is 34.7. The van der Waals surface area contributed by atoms with E-state index in [4.69, 9.17) is 16.3 Å². The van der Waals surface area contributed by atoms with E-state index in [9.17, 15) is 13.6 Å². The average molecular weight is 387 g/mol. The van der Waals surface area contributed by atoms with Crippen molar-refractivity contribution in [1.29, 1.82) is 0 Å². The highest BCUT2D eigenvalue weighted by Gasteiger charge is 2.38. The van der Waals surface area contributed by atoms with E-state index >= 15 is 0 Å². The Kier molecular flexibility index (Phi) is 5.27. The van der Waals surface area contributed by atoms with E-state index in [1.807, 2.05) is 4.98 Å². The lowest BCUT2D eigenvalue weighted by atomic mass is 10.1. The van der Waals surface area contributed by atoms with Gasteiger partial charge in [-0.25, -0.2) is 10.8 Å². The summed E-state index contributed by atoms with van der Waals surface area (Å²) in [6.07, 6.45) is 0. The summed E-state index contributed by atoms with van der Waals surface area (Å²) in [7, 11) is 1.54. The molecule has 7 nitrogen and oxygen atoms in total. The number of ether oxygens (including phenoxy) is 1. The van der Waals surface area contributed by atoms with Crippen LogP contribution in [0.1, 0.15) is 17.0 Å². The normalized spacial score (nSPS) is 11.3. The first-order valence-corrected chi connectivity index (χ1v) is 8.31. The van der Waals surface area contributed by atoms with Crippen molar-refractivity contribution in [3.05, 3.63) is 81.9 Å². The molecule has 0 aliphatic rings. The van der Waals surface area contributed by atoms with E-state index in [0.717, 1.165) is 10.6 Å². The molecule has 0 atom stereocenters. The Hall–Kier alpha value is -3.46. The quantitative estimate of drug-likeness (QED) is 0.442. The average Bonchev–Trinajstić information content (AvgIpc) is 2.71. The van der Waals surface area contributed by atoms with Crippen LogP contribution in [0.4, 0.5) is 20.3 Å². The zero-order chi connectivity index (χ0) is 20.3. The lowest BCUT2D eigenvalue weighted by Gasteiger charge is -2.22. The molecule has 3 aromatic rings. The number of aromatic nitrogens is 2. The number of H-pyrrole nitrogens is 1. The predicted molar refractivity (Wildman–Crippen MR) is 102 cm³/mol. The predicted octanol–water partition coefficient (Wildman–Crippen LogP) is 2.38. The van der Waals surface area contributed by atoms with Crippen molar-refractivity contribution in [3.8, 4) is 5.75 Å². The van der Waals surface area contributed by atoms with Crippen LogP contribution in [-0.2, 0) is 12.5 Å². The van der Waals surface area contributed by atoms with Crippen LogP contribution in [0.3, 0.4) is 0 Å². The minimum absolute atomic E-state index is 0.0982. The number of halogens is 2. The third-order valence-electron chi connectivity index (χ3n) is 4.15. The number of alkyl halides is 2. The van der Waals surface area contributed by atoms with Crippen LogP contribution in [0.15, 0.2) is 59.4 Å². The van der Waals surface area contributed by atoms with E-state index < -0.39 is 17.3 Å². The van der Waals surface area contributed by atoms with Gasteiger partial charge in [-0.3, -0.25) is 9.80 Å². The summed E-state index contributed by atoms with van der Waals surface area (Å²) in [4.78, 5) is 18.0. The lowest BCUT2D eigenvalue weighted by Crippen LogP contribution is -2.35. The topological polar surface area (TPSA) is 110 Å². The smallest absolute Gasteiger partial charge is 0.330 e. The molecule has 146 valence electrons. The maximum absolute atomic E-state index is 14.8. The zero-order valence-electron chi connectivity index (χ0n) is 15.0. The summed E-state index contributed by atoms with van der Waals surface area (Å²) in [5.41, 5.74) is 4.95. The van der Waals surface area contributed by atoms with Crippen LogP contribution in [0.5, 0.6) is 5.75 Å². The Morgan fingerprint density at radius 2 is 1.79 bits per heavy atom. The zero-order valence-corrected chi connectivity index (χ0v) is 15.0. The molecule has 0 spiro atoms. The van der Waals surface area contributed by atoms with E-state index in [-0.39, 0.29) is 23.6 Å². The molecule has 0 bridgehead atoms. The first-order valence-electron chi connectivity index (χ1n) is 8.31. The summed E-state index contributed by atoms with van der Waals surface area (Å²) in [6, 6.07) is 14.0. The SMILES string of the molecule is COc1ccc(CN(N)c2nc(C(F)(F)c3ccccc3)[nH]c(=O)c2N)cc1. The number of anilines is 2. The fraction of sp³-hybridized carbons (Fsp3) is 0.158. The first kappa shape index (κ1) is 19.3. The second kappa shape index (κ2) is 7.65. The van der Waals surface area contributed by atoms with Crippen LogP contribution in [0.2, 0.25) is 0 Å². The minimum atomic E-state index is -3.52. The van der Waals surface area contributed by atoms with Crippen molar-refractivity contribution in [1.82, 2.24) is 9.97 Å². The number of rotatable bonds is 6. The standard InChI is InChI=1S/C19H19F2N5O2/c1-28-14-9-7-12(8-10-14)11-26(23)16-15(22)17(27)25-18(24-16)19(20,21)13-5-3-2-4-6-13/h2-10H,11,22-23H2,1H3,(H,24,25,27). The molecule has 1 aromatic heterocycles. The van der Waals surface area contributed by atoms with Gasteiger partial charge in [-0.2, -0.15) is 8.78 Å². The van der Waals surface area contributed by atoms with Gasteiger partial charge in [-0.05, 0) is 17.7 Å². The van der Waals surface area contributed by atoms with Crippen molar-refractivity contribution >= 4 is 11.5 Å². The molecule has 1 heterocycles. The Morgan fingerprint density at radius 3 is 2.39 bits per heavy atom. The number of aromatic amines is 1. The van der Waals surface area contributed by atoms with Gasteiger partial charge in [0.1, 0.15) is 11.4 Å². The molecule has 0 saturated carbocycles. The number of hydrogen-bond acceptors (Lipinski definition) is 6. The minimum Gasteiger partial charge on any atom is -0.497 e. The number of nitrogen functional groups attached to an aromatic ring is 1. The van der Waals surface area contributed by atoms with E-state index in [0.29, 0.717) is 5.75 Å². The Morgan fingerprint density at radius 1 is 1.14 bits per heavy atom. The highest BCUT2D eigenvalue weighted by Crippen LogP contribution is 2.34. The number of nitrogens with one attached hydrogen (secondary N) is 1. The number of hydrogen-bond donors (Lipinski definition) is 3. The molecule has 9 heteroatoms. The third kappa shape index (κ3) is 3.79. The monoisotopic (exact) mass is 387 g/mol. The van der Waals surface area contributed by atoms with Gasteiger partial charge in [0.2, 0.25) is 0 Å². The first-order chi connectivity index (χ1) is 13.3. The highest BCUT2D eigenvalue weighted by molar-refractivity contribution is 5.61. The van der Waals surface area contributed by atoms with Crippen LogP contribution in [-0.4, -0.2) is 17.1 Å². The second-order valence-corrected chi connectivity index (χ2v) is 6.07. The Labute approximate surface area is 159 Å². The molecule has 0 aliphatic heterocycles. The molecule has 0 amide bonds. The van der Waals surface area contributed by atoms with Gasteiger partial charge in [-0.1, -0.05) is 42.5 Å². The second-order valence-electron chi connectivity index (χ2n) is 6.07. The molecule has 2 aromatic carbocycles. The summed E-state index contributed by atoms with van der Waals surface area (Å²) >= 11 is 0. The molecule has 0 saturated heterocycles. The van der Waals surface area contributed by atoms with Crippen LogP contribution < -0.4 is 26.9 Å². The molecule has 0 radical (unpaired) electrons. The molecular formula is C19H19F2N5O2. The summed E-state index contributed by atoms with van der Waals surface area (Å²) in [5.74, 6) is 2.05. The van der Waals surface area contributed by atoms with Crippen LogP contribution in [0, 0.1) is 0 Å². The van der Waals surface area contributed by atoms with Gasteiger partial charge >= 0.3 is 5.92 Å². The van der Waals surface area contributed by atoms with Crippen molar-refractivity contribution in [2.45, 2.75) is 12.5 Å². The number of nitrogens with zero attached hydrogens (tertiary/aromatic N) is 2. The van der Waals surface area contributed by atoms with Crippen molar-refractivity contribution < 1.29 is 13.5 Å². The maximum atomic E-state index is 14.8. The number of benzene rings is 2. The number of hydrazine groups is 1. The largest absolute Gasteiger partial charge is 0.497 e. The number of nitrogens with two attached hydrogens (primary N) is 2. The molecular weight excluding hydrogens is 368 g/mol. The van der Waals surface area contributed by atoms with Crippen molar-refractivity contribution in [2.24, 2.45) is 5.84 Å². The van der Waals surface area contributed by atoms with Gasteiger partial charge in [-0.15, -0.1) is 0 Å². The Balaban J connectivity index is 1.95. The van der Waals surface area contributed by atoms with Crippen molar-refractivity contribution in [3.63, 3.8) is 0 Å². The summed E-state index contributed by atoms with van der Waals surface area (Å²) in [6.45, 7) is 0.0982. The molecule has 0 aliphatic carbocycles. The highest BCUT2D eigenvalue weighted by atomic mass is 19.3. The van der Waals surface area contributed by atoms with Crippen LogP contribution >= 0.6 is 0 Å². The Bertz CT molecular complexity index is 1010. The third-order valence-corrected chi connectivity index (χ3v) is 4.15. The van der Waals surface area contributed by atoms with E-state index in [1.165, 1.54) is 24.3 Å². The lowest BCUT2D eigenvalue weighted by molar-refractivity contribution is 0.0327. The van der Waals surface area contributed by atoms with E-state index in [2.05, 4.69) is 4.98 Å². The van der Waals surface area contributed by atoms with Crippen molar-refractivity contribution in [2.75, 3.05) is 17.9 Å². The molecule has 28 heavy (non-hydrogen) atoms. The van der Waals surface area contributed by atoms with Gasteiger partial charge in [0.05, 0.1) is 13.7 Å². The van der Waals surface area contributed by atoms with Gasteiger partial charge in [0.25, 0.3) is 5.56 Å². The maximum Gasteiger partial charge on any atom is 0.330 e. The molecule has 0 unspecified atom stereocenters. The fourth-order valence-corrected chi connectivity index (χ4v) is 2.62. The van der Waals surface area contributed by atoms with Gasteiger partial charge in [0.15, 0.2) is 11.6 Å².